The molecule has 0 spiro atoms. The lowest BCUT2D eigenvalue weighted by atomic mass is 9.88. The summed E-state index contributed by atoms with van der Waals surface area (Å²) in [5, 5.41) is 4.93. The van der Waals surface area contributed by atoms with Crippen molar-refractivity contribution in [1.29, 1.82) is 0 Å². The molecular weight excluding hydrogens is 348 g/mol. The van der Waals surface area contributed by atoms with Crippen LogP contribution in [0.3, 0.4) is 0 Å². The number of nitrogens with zero attached hydrogens (tertiary/aromatic N) is 4. The summed E-state index contributed by atoms with van der Waals surface area (Å²) in [7, 11) is 0. The van der Waals surface area contributed by atoms with Crippen LogP contribution in [0.5, 0.6) is 0 Å². The fourth-order valence-corrected chi connectivity index (χ4v) is 4.57. The van der Waals surface area contributed by atoms with E-state index in [1.807, 2.05) is 34.1 Å². The van der Waals surface area contributed by atoms with E-state index in [1.165, 1.54) is 30.4 Å². The van der Waals surface area contributed by atoms with Gasteiger partial charge in [-0.15, -0.1) is 0 Å². The highest BCUT2D eigenvalue weighted by Gasteiger charge is 2.34. The maximum Gasteiger partial charge on any atom is 0.226 e. The third-order valence-corrected chi connectivity index (χ3v) is 6.12. The minimum atomic E-state index is 0.206. The Morgan fingerprint density at radius 1 is 1.00 bits per heavy atom. The summed E-state index contributed by atoms with van der Waals surface area (Å²) in [6.45, 7) is 3.37. The zero-order valence-electron chi connectivity index (χ0n) is 16.3. The monoisotopic (exact) mass is 374 g/mol. The average molecular weight is 374 g/mol. The summed E-state index contributed by atoms with van der Waals surface area (Å²) in [6, 6.07) is 12.5. The molecule has 2 aromatic heterocycles. The second-order valence-corrected chi connectivity index (χ2v) is 8.12. The van der Waals surface area contributed by atoms with E-state index in [-0.39, 0.29) is 5.92 Å². The molecule has 1 aliphatic carbocycles. The zero-order chi connectivity index (χ0) is 19.1. The molecule has 3 aromatic rings. The first kappa shape index (κ1) is 17.3. The molecule has 2 aliphatic rings. The van der Waals surface area contributed by atoms with E-state index >= 15 is 0 Å². The van der Waals surface area contributed by atoms with Gasteiger partial charge in [-0.25, -0.2) is 4.68 Å². The molecule has 5 rings (SSSR count). The van der Waals surface area contributed by atoms with Crippen LogP contribution in [0, 0.1) is 12.8 Å². The molecule has 5 nitrogen and oxygen atoms in total. The maximum absolute atomic E-state index is 13.0. The molecule has 0 atom stereocenters. The number of carbonyl (C=O) groups is 1. The average Bonchev–Trinajstić information content (AvgIpc) is 3.44. The summed E-state index contributed by atoms with van der Waals surface area (Å²) in [6.07, 6.45) is 9.82. The molecule has 0 saturated heterocycles. The molecule has 28 heavy (non-hydrogen) atoms. The van der Waals surface area contributed by atoms with E-state index in [1.54, 1.807) is 0 Å². The normalized spacial score (nSPS) is 17.1. The van der Waals surface area contributed by atoms with E-state index in [2.05, 4.69) is 35.8 Å². The van der Waals surface area contributed by atoms with Gasteiger partial charge in [0.25, 0.3) is 0 Å². The van der Waals surface area contributed by atoms with Gasteiger partial charge in [0.2, 0.25) is 5.91 Å². The molecule has 0 radical (unpaired) electrons. The first-order valence-electron chi connectivity index (χ1n) is 10.3. The Morgan fingerprint density at radius 3 is 2.43 bits per heavy atom. The Balaban J connectivity index is 1.50. The second kappa shape index (κ2) is 6.97. The molecule has 1 saturated carbocycles. The van der Waals surface area contributed by atoms with Gasteiger partial charge in [0.15, 0.2) is 0 Å². The van der Waals surface area contributed by atoms with E-state index in [9.17, 15) is 4.79 Å². The van der Waals surface area contributed by atoms with Crippen molar-refractivity contribution in [2.24, 2.45) is 5.92 Å². The maximum atomic E-state index is 13.0. The number of carbonyl (C=O) groups excluding carboxylic acids is 1. The Kier molecular flexibility index (Phi) is 4.30. The van der Waals surface area contributed by atoms with Crippen LogP contribution in [-0.4, -0.2) is 25.2 Å². The molecule has 0 bridgehead atoms. The fourth-order valence-electron chi connectivity index (χ4n) is 4.57. The molecule has 3 heterocycles. The first-order valence-corrected chi connectivity index (χ1v) is 10.3. The van der Waals surface area contributed by atoms with Gasteiger partial charge in [-0.1, -0.05) is 37.0 Å². The number of fused-ring (bicyclic) bond motifs is 1. The van der Waals surface area contributed by atoms with Gasteiger partial charge >= 0.3 is 0 Å². The van der Waals surface area contributed by atoms with Gasteiger partial charge in [0, 0.05) is 23.9 Å². The zero-order valence-corrected chi connectivity index (χ0v) is 16.3. The smallest absolute Gasteiger partial charge is 0.226 e. The summed E-state index contributed by atoms with van der Waals surface area (Å²) in [5.41, 5.74) is 4.47. The Labute approximate surface area is 165 Å². The SMILES string of the molecule is Cc1ccc(-n2nc3c(c2-n2cccc2)CN(C(=O)C2CCCCC2)C3)cc1. The topological polar surface area (TPSA) is 43.1 Å². The van der Waals surface area contributed by atoms with E-state index in [0.717, 1.165) is 30.0 Å². The van der Waals surface area contributed by atoms with Gasteiger partial charge in [-0.05, 0) is 44.0 Å². The number of hydrogen-bond acceptors (Lipinski definition) is 2. The van der Waals surface area contributed by atoms with Crippen molar-refractivity contribution in [1.82, 2.24) is 19.2 Å². The van der Waals surface area contributed by atoms with Crippen molar-refractivity contribution in [3.8, 4) is 11.5 Å². The molecule has 5 heteroatoms. The lowest BCUT2D eigenvalue weighted by Crippen LogP contribution is -2.33. The van der Waals surface area contributed by atoms with Crippen molar-refractivity contribution in [2.45, 2.75) is 52.1 Å². The summed E-state index contributed by atoms with van der Waals surface area (Å²) >= 11 is 0. The third kappa shape index (κ3) is 2.95. The van der Waals surface area contributed by atoms with Gasteiger partial charge in [0.05, 0.1) is 24.5 Å². The standard InChI is InChI=1S/C23H26N4O/c1-17-9-11-19(12-10-17)27-22(25-13-5-6-14-25)20-15-26(16-21(20)24-27)23(28)18-7-3-2-4-8-18/h5-6,9-14,18H,2-4,7-8,15-16H2,1H3. The molecule has 144 valence electrons. The van der Waals surface area contributed by atoms with Crippen LogP contribution < -0.4 is 0 Å². The van der Waals surface area contributed by atoms with E-state index in [0.29, 0.717) is 19.0 Å². The van der Waals surface area contributed by atoms with Crippen molar-refractivity contribution < 1.29 is 4.79 Å². The van der Waals surface area contributed by atoms with Crippen LogP contribution in [0.25, 0.3) is 11.5 Å². The molecule has 0 N–H and O–H groups in total. The predicted octanol–water partition coefficient (Wildman–Crippen LogP) is 4.39. The second-order valence-electron chi connectivity index (χ2n) is 8.12. The number of aromatic nitrogens is 3. The van der Waals surface area contributed by atoms with Crippen LogP contribution in [-0.2, 0) is 17.9 Å². The largest absolute Gasteiger partial charge is 0.332 e. The molecule has 1 aromatic carbocycles. The van der Waals surface area contributed by atoms with Gasteiger partial charge < -0.3 is 9.47 Å². The van der Waals surface area contributed by atoms with Crippen LogP contribution in [0.1, 0.15) is 48.9 Å². The van der Waals surface area contributed by atoms with Crippen LogP contribution in [0.15, 0.2) is 48.8 Å². The summed E-state index contributed by atoms with van der Waals surface area (Å²) in [4.78, 5) is 15.1. The molecule has 1 amide bonds. The lowest BCUT2D eigenvalue weighted by Gasteiger charge is -2.26. The van der Waals surface area contributed by atoms with Crippen molar-refractivity contribution in [3.05, 3.63) is 65.6 Å². The quantitative estimate of drug-likeness (QED) is 0.682. The van der Waals surface area contributed by atoms with Gasteiger partial charge in [-0.3, -0.25) is 4.79 Å². The highest BCUT2D eigenvalue weighted by Crippen LogP contribution is 2.33. The summed E-state index contributed by atoms with van der Waals surface area (Å²) in [5.74, 6) is 1.57. The highest BCUT2D eigenvalue weighted by molar-refractivity contribution is 5.79. The summed E-state index contributed by atoms with van der Waals surface area (Å²) < 4.78 is 4.13. The molecule has 1 fully saturated rings. The van der Waals surface area contributed by atoms with E-state index in [4.69, 9.17) is 5.10 Å². The van der Waals surface area contributed by atoms with Crippen LogP contribution in [0.4, 0.5) is 0 Å². The van der Waals surface area contributed by atoms with Crippen molar-refractivity contribution >= 4 is 5.91 Å². The predicted molar refractivity (Wildman–Crippen MR) is 108 cm³/mol. The minimum absolute atomic E-state index is 0.206. The molecule has 0 unspecified atom stereocenters. The van der Waals surface area contributed by atoms with Crippen molar-refractivity contribution in [3.63, 3.8) is 0 Å². The Hall–Kier alpha value is -2.82. The number of hydrogen-bond donors (Lipinski definition) is 0. The fraction of sp³-hybridized carbons (Fsp3) is 0.391. The van der Waals surface area contributed by atoms with Crippen molar-refractivity contribution in [2.75, 3.05) is 0 Å². The van der Waals surface area contributed by atoms with Gasteiger partial charge in [0.1, 0.15) is 5.82 Å². The third-order valence-electron chi connectivity index (χ3n) is 6.12. The van der Waals surface area contributed by atoms with E-state index < -0.39 is 0 Å². The minimum Gasteiger partial charge on any atom is -0.332 e. The Morgan fingerprint density at radius 2 is 1.71 bits per heavy atom. The lowest BCUT2D eigenvalue weighted by molar-refractivity contribution is -0.137. The molecule has 1 aliphatic heterocycles. The number of benzene rings is 1. The van der Waals surface area contributed by atoms with Gasteiger partial charge in [-0.2, -0.15) is 5.10 Å². The Bertz CT molecular complexity index is 979. The van der Waals surface area contributed by atoms with Crippen LogP contribution in [0.2, 0.25) is 0 Å². The van der Waals surface area contributed by atoms with Crippen LogP contribution >= 0.6 is 0 Å². The number of amides is 1. The number of aryl methyl sites for hydroxylation is 1. The molecular formula is C23H26N4O. The highest BCUT2D eigenvalue weighted by atomic mass is 16.2. The first-order chi connectivity index (χ1) is 13.7. The number of rotatable bonds is 3.